The Kier molecular flexibility index (Phi) is 2.84. The van der Waals surface area contributed by atoms with Crippen LogP contribution in [0.5, 0.6) is 0 Å². The molecule has 0 amide bonds. The molecule has 1 fully saturated rings. The molecule has 1 aliphatic heterocycles. The van der Waals surface area contributed by atoms with Gasteiger partial charge in [-0.3, -0.25) is 0 Å². The summed E-state index contributed by atoms with van der Waals surface area (Å²) in [4.78, 5) is 10.9. The van der Waals surface area contributed by atoms with Crippen molar-refractivity contribution in [3.05, 3.63) is 0 Å². The summed E-state index contributed by atoms with van der Waals surface area (Å²) in [5, 5.41) is 3.07. The second-order valence-electron chi connectivity index (χ2n) is 2.62. The number of esters is 1. The fourth-order valence-electron chi connectivity index (χ4n) is 1.06. The molecule has 2 atom stereocenters. The molecule has 4 heteroatoms. The third kappa shape index (κ3) is 2.17. The molecule has 0 aromatic carbocycles. The van der Waals surface area contributed by atoms with Gasteiger partial charge in [-0.25, -0.2) is 4.79 Å². The van der Waals surface area contributed by atoms with Crippen molar-refractivity contribution in [1.82, 2.24) is 5.32 Å². The van der Waals surface area contributed by atoms with Gasteiger partial charge in [0.25, 0.3) is 0 Å². The van der Waals surface area contributed by atoms with E-state index < -0.39 is 6.10 Å². The number of rotatable bonds is 1. The quantitative estimate of drug-likeness (QED) is 0.526. The molecular formula is C7H13NO3. The van der Waals surface area contributed by atoms with Crippen LogP contribution in [-0.2, 0) is 14.3 Å². The predicted molar refractivity (Wildman–Crippen MR) is 39.2 cm³/mol. The molecule has 1 heterocycles. The summed E-state index contributed by atoms with van der Waals surface area (Å²) in [6, 6.07) is 0. The fraction of sp³-hybridized carbons (Fsp3) is 0.857. The highest BCUT2D eigenvalue weighted by Crippen LogP contribution is 2.03. The normalized spacial score (nSPS) is 31.5. The zero-order chi connectivity index (χ0) is 8.27. The Morgan fingerprint density at radius 3 is 2.91 bits per heavy atom. The van der Waals surface area contributed by atoms with E-state index in [1.807, 2.05) is 6.92 Å². The van der Waals surface area contributed by atoms with Crippen LogP contribution in [0.1, 0.15) is 6.92 Å². The maximum atomic E-state index is 10.9. The molecule has 0 aromatic heterocycles. The number of carbonyl (C=O) groups is 1. The Hall–Kier alpha value is -0.610. The van der Waals surface area contributed by atoms with Crippen LogP contribution in [0.3, 0.4) is 0 Å². The van der Waals surface area contributed by atoms with Crippen LogP contribution in [0.4, 0.5) is 0 Å². The van der Waals surface area contributed by atoms with Gasteiger partial charge in [-0.15, -0.1) is 0 Å². The Morgan fingerprint density at radius 1 is 1.64 bits per heavy atom. The SMILES string of the molecule is COC(=O)[C@H]1CNC[C@@H](C)O1. The standard InChI is InChI=1S/C7H13NO3/c1-5-3-8-4-6(11-5)7(9)10-2/h5-6,8H,3-4H2,1-2H3/t5-,6-/m1/s1. The van der Waals surface area contributed by atoms with Crippen molar-refractivity contribution < 1.29 is 14.3 Å². The van der Waals surface area contributed by atoms with Crippen LogP contribution in [0.25, 0.3) is 0 Å². The number of nitrogens with one attached hydrogen (secondary N) is 1. The number of methoxy groups -OCH3 is 1. The van der Waals surface area contributed by atoms with Gasteiger partial charge in [-0.1, -0.05) is 0 Å². The first kappa shape index (κ1) is 8.49. The average Bonchev–Trinajstić information content (AvgIpc) is 2.03. The first-order chi connectivity index (χ1) is 5.24. The van der Waals surface area contributed by atoms with Crippen molar-refractivity contribution >= 4 is 5.97 Å². The minimum Gasteiger partial charge on any atom is -0.467 e. The predicted octanol–water partition coefficient (Wildman–Crippen LogP) is -0.464. The van der Waals surface area contributed by atoms with E-state index in [2.05, 4.69) is 10.1 Å². The summed E-state index contributed by atoms with van der Waals surface area (Å²) in [6.07, 6.45) is -0.336. The molecule has 11 heavy (non-hydrogen) atoms. The minimum absolute atomic E-state index is 0.0906. The van der Waals surface area contributed by atoms with Crippen LogP contribution in [-0.4, -0.2) is 38.4 Å². The van der Waals surface area contributed by atoms with Crippen LogP contribution in [0.15, 0.2) is 0 Å². The molecule has 1 rings (SSSR count). The summed E-state index contributed by atoms with van der Waals surface area (Å²) in [6.45, 7) is 3.27. The van der Waals surface area contributed by atoms with Gasteiger partial charge in [0.15, 0.2) is 6.10 Å². The second-order valence-corrected chi connectivity index (χ2v) is 2.62. The number of morpholine rings is 1. The van der Waals surface area contributed by atoms with Gasteiger partial charge >= 0.3 is 5.97 Å². The Bertz CT molecular complexity index is 149. The lowest BCUT2D eigenvalue weighted by Crippen LogP contribution is -2.47. The third-order valence-corrected chi connectivity index (χ3v) is 1.62. The van der Waals surface area contributed by atoms with E-state index in [9.17, 15) is 4.79 Å². The topological polar surface area (TPSA) is 47.6 Å². The maximum Gasteiger partial charge on any atom is 0.336 e. The molecule has 1 aliphatic rings. The van der Waals surface area contributed by atoms with Gasteiger partial charge in [-0.05, 0) is 6.92 Å². The smallest absolute Gasteiger partial charge is 0.336 e. The van der Waals surface area contributed by atoms with Crippen molar-refractivity contribution in [3.63, 3.8) is 0 Å². The first-order valence-electron chi connectivity index (χ1n) is 3.68. The Labute approximate surface area is 65.9 Å². The van der Waals surface area contributed by atoms with Crippen LogP contribution in [0.2, 0.25) is 0 Å². The molecular weight excluding hydrogens is 146 g/mol. The number of ether oxygens (including phenoxy) is 2. The maximum absolute atomic E-state index is 10.9. The van der Waals surface area contributed by atoms with Crippen LogP contribution >= 0.6 is 0 Å². The minimum atomic E-state index is -0.427. The van der Waals surface area contributed by atoms with Crippen molar-refractivity contribution in [2.75, 3.05) is 20.2 Å². The molecule has 1 N–H and O–H groups in total. The van der Waals surface area contributed by atoms with Gasteiger partial charge in [-0.2, -0.15) is 0 Å². The Morgan fingerprint density at radius 2 is 2.36 bits per heavy atom. The van der Waals surface area contributed by atoms with E-state index in [4.69, 9.17) is 4.74 Å². The number of hydrogen-bond donors (Lipinski definition) is 1. The van der Waals surface area contributed by atoms with Gasteiger partial charge in [0.05, 0.1) is 13.2 Å². The van der Waals surface area contributed by atoms with Gasteiger partial charge in [0.1, 0.15) is 0 Å². The molecule has 4 nitrogen and oxygen atoms in total. The molecule has 0 radical (unpaired) electrons. The zero-order valence-corrected chi connectivity index (χ0v) is 6.79. The number of carbonyl (C=O) groups excluding carboxylic acids is 1. The lowest BCUT2D eigenvalue weighted by Gasteiger charge is -2.26. The molecule has 0 aliphatic carbocycles. The largest absolute Gasteiger partial charge is 0.467 e. The van der Waals surface area contributed by atoms with E-state index in [-0.39, 0.29) is 12.1 Å². The molecule has 0 aromatic rings. The van der Waals surface area contributed by atoms with Crippen molar-refractivity contribution in [2.45, 2.75) is 19.1 Å². The fourth-order valence-corrected chi connectivity index (χ4v) is 1.06. The monoisotopic (exact) mass is 159 g/mol. The van der Waals surface area contributed by atoms with Gasteiger partial charge in [0, 0.05) is 13.1 Å². The van der Waals surface area contributed by atoms with Crippen LogP contribution in [0, 0.1) is 0 Å². The van der Waals surface area contributed by atoms with E-state index in [0.29, 0.717) is 6.54 Å². The van der Waals surface area contributed by atoms with E-state index in [1.165, 1.54) is 7.11 Å². The molecule has 0 unspecified atom stereocenters. The number of hydrogen-bond acceptors (Lipinski definition) is 4. The van der Waals surface area contributed by atoms with Crippen molar-refractivity contribution in [2.24, 2.45) is 0 Å². The van der Waals surface area contributed by atoms with Crippen molar-refractivity contribution in [1.29, 1.82) is 0 Å². The summed E-state index contributed by atoms with van der Waals surface area (Å²) >= 11 is 0. The summed E-state index contributed by atoms with van der Waals surface area (Å²) in [5.74, 6) is -0.302. The van der Waals surface area contributed by atoms with Gasteiger partial charge in [0.2, 0.25) is 0 Å². The molecule has 1 saturated heterocycles. The lowest BCUT2D eigenvalue weighted by molar-refractivity contribution is -0.159. The first-order valence-corrected chi connectivity index (χ1v) is 3.68. The average molecular weight is 159 g/mol. The Balaban J connectivity index is 2.39. The highest BCUT2D eigenvalue weighted by Gasteiger charge is 2.25. The highest BCUT2D eigenvalue weighted by molar-refractivity contribution is 5.74. The molecule has 0 saturated carbocycles. The summed E-state index contributed by atoms with van der Waals surface area (Å²) < 4.78 is 9.84. The highest BCUT2D eigenvalue weighted by atomic mass is 16.6. The summed E-state index contributed by atoms with van der Waals surface area (Å²) in [7, 11) is 1.37. The van der Waals surface area contributed by atoms with Crippen molar-refractivity contribution in [3.8, 4) is 0 Å². The van der Waals surface area contributed by atoms with Crippen LogP contribution < -0.4 is 5.32 Å². The van der Waals surface area contributed by atoms with E-state index in [0.717, 1.165) is 6.54 Å². The molecule has 0 spiro atoms. The summed E-state index contributed by atoms with van der Waals surface area (Å²) in [5.41, 5.74) is 0. The second kappa shape index (κ2) is 3.69. The third-order valence-electron chi connectivity index (χ3n) is 1.62. The zero-order valence-electron chi connectivity index (χ0n) is 6.79. The van der Waals surface area contributed by atoms with E-state index in [1.54, 1.807) is 0 Å². The van der Waals surface area contributed by atoms with Gasteiger partial charge < -0.3 is 14.8 Å². The molecule has 64 valence electrons. The molecule has 0 bridgehead atoms. The lowest BCUT2D eigenvalue weighted by atomic mass is 10.2. The van der Waals surface area contributed by atoms with E-state index >= 15 is 0 Å².